The lowest BCUT2D eigenvalue weighted by Gasteiger charge is -2.27. The van der Waals surface area contributed by atoms with Gasteiger partial charge in [0.05, 0.1) is 7.11 Å². The monoisotopic (exact) mass is 316 g/mol. The van der Waals surface area contributed by atoms with Crippen molar-refractivity contribution in [2.75, 3.05) is 20.2 Å². The standard InChI is InChI=1S/C17H20N2O2S/c1-21-15-4-2-13(3-5-15)6-9-18-17(20)19-10-7-16-14(12-19)8-11-22-16/h2-5,8,11H,6-7,9-10,12H2,1H3,(H,18,20). The van der Waals surface area contributed by atoms with Crippen LogP contribution in [0, 0.1) is 0 Å². The second-order valence-corrected chi connectivity index (χ2v) is 6.37. The van der Waals surface area contributed by atoms with Crippen LogP contribution >= 0.6 is 11.3 Å². The lowest BCUT2D eigenvalue weighted by molar-refractivity contribution is 0.193. The van der Waals surface area contributed by atoms with Crippen molar-refractivity contribution in [2.45, 2.75) is 19.4 Å². The first-order valence-corrected chi connectivity index (χ1v) is 8.35. The smallest absolute Gasteiger partial charge is 0.317 e. The first kappa shape index (κ1) is 14.9. The number of rotatable bonds is 4. The van der Waals surface area contributed by atoms with Gasteiger partial charge in [0, 0.05) is 24.5 Å². The Bertz CT molecular complexity index is 636. The lowest BCUT2D eigenvalue weighted by atomic mass is 10.1. The molecule has 2 aromatic rings. The number of thiophene rings is 1. The minimum Gasteiger partial charge on any atom is -0.497 e. The molecule has 1 aliphatic rings. The number of urea groups is 1. The molecule has 0 saturated heterocycles. The van der Waals surface area contributed by atoms with E-state index in [1.54, 1.807) is 18.4 Å². The van der Waals surface area contributed by atoms with Gasteiger partial charge in [-0.2, -0.15) is 0 Å². The first-order chi connectivity index (χ1) is 10.8. The fraction of sp³-hybridized carbons (Fsp3) is 0.353. The molecular weight excluding hydrogens is 296 g/mol. The summed E-state index contributed by atoms with van der Waals surface area (Å²) in [5.41, 5.74) is 2.49. The Morgan fingerprint density at radius 3 is 2.91 bits per heavy atom. The quantitative estimate of drug-likeness (QED) is 0.942. The molecule has 0 aliphatic carbocycles. The predicted octanol–water partition coefficient (Wildman–Crippen LogP) is 3.07. The number of carbonyl (C=O) groups excluding carboxylic acids is 1. The summed E-state index contributed by atoms with van der Waals surface area (Å²) in [6.07, 6.45) is 1.80. The zero-order valence-corrected chi connectivity index (χ0v) is 13.5. The maximum Gasteiger partial charge on any atom is 0.317 e. The minimum absolute atomic E-state index is 0.0327. The number of nitrogens with one attached hydrogen (secondary N) is 1. The van der Waals surface area contributed by atoms with Gasteiger partial charge in [0.15, 0.2) is 0 Å². The summed E-state index contributed by atoms with van der Waals surface area (Å²) in [7, 11) is 1.66. The van der Waals surface area contributed by atoms with Crippen LogP contribution in [0.2, 0.25) is 0 Å². The van der Waals surface area contributed by atoms with Crippen molar-refractivity contribution >= 4 is 17.4 Å². The third-order valence-corrected chi connectivity index (χ3v) is 4.97. The zero-order valence-electron chi connectivity index (χ0n) is 12.7. The van der Waals surface area contributed by atoms with E-state index < -0.39 is 0 Å². The van der Waals surface area contributed by atoms with Crippen molar-refractivity contribution in [1.82, 2.24) is 10.2 Å². The first-order valence-electron chi connectivity index (χ1n) is 7.47. The number of benzene rings is 1. The number of hydrogen-bond donors (Lipinski definition) is 1. The summed E-state index contributed by atoms with van der Waals surface area (Å²) in [5.74, 6) is 0.854. The molecule has 1 aromatic carbocycles. The Labute approximate surface area is 134 Å². The fourth-order valence-corrected chi connectivity index (χ4v) is 3.53. The molecule has 116 valence electrons. The van der Waals surface area contributed by atoms with Gasteiger partial charge in [0.1, 0.15) is 5.75 Å². The van der Waals surface area contributed by atoms with Crippen molar-refractivity contribution < 1.29 is 9.53 Å². The molecule has 0 fully saturated rings. The number of amides is 2. The van der Waals surface area contributed by atoms with Gasteiger partial charge in [-0.15, -0.1) is 11.3 Å². The van der Waals surface area contributed by atoms with Crippen LogP contribution in [0.1, 0.15) is 16.0 Å². The Morgan fingerprint density at radius 1 is 1.32 bits per heavy atom. The second kappa shape index (κ2) is 6.83. The number of nitrogens with zero attached hydrogens (tertiary/aromatic N) is 1. The highest BCUT2D eigenvalue weighted by Gasteiger charge is 2.20. The van der Waals surface area contributed by atoms with E-state index in [9.17, 15) is 4.79 Å². The number of fused-ring (bicyclic) bond motifs is 1. The van der Waals surface area contributed by atoms with Crippen LogP contribution in [-0.4, -0.2) is 31.1 Å². The number of hydrogen-bond acceptors (Lipinski definition) is 3. The van der Waals surface area contributed by atoms with Crippen LogP contribution < -0.4 is 10.1 Å². The third kappa shape index (κ3) is 3.42. The molecule has 0 saturated carbocycles. The second-order valence-electron chi connectivity index (χ2n) is 5.37. The average molecular weight is 316 g/mol. The van der Waals surface area contributed by atoms with E-state index in [-0.39, 0.29) is 6.03 Å². The molecule has 0 unspecified atom stereocenters. The van der Waals surface area contributed by atoms with Crippen LogP contribution in [0.15, 0.2) is 35.7 Å². The zero-order chi connectivity index (χ0) is 15.4. The van der Waals surface area contributed by atoms with Gasteiger partial charge in [-0.1, -0.05) is 12.1 Å². The molecule has 1 aromatic heterocycles. The Balaban J connectivity index is 1.46. The van der Waals surface area contributed by atoms with Gasteiger partial charge in [0.2, 0.25) is 0 Å². The summed E-state index contributed by atoms with van der Waals surface area (Å²) < 4.78 is 5.14. The molecule has 1 N–H and O–H groups in total. The van der Waals surface area contributed by atoms with Crippen LogP contribution in [0.3, 0.4) is 0 Å². The molecule has 0 bridgehead atoms. The van der Waals surface area contributed by atoms with Gasteiger partial charge in [-0.3, -0.25) is 0 Å². The Morgan fingerprint density at radius 2 is 2.14 bits per heavy atom. The van der Waals surface area contributed by atoms with Crippen molar-refractivity contribution in [3.8, 4) is 5.75 Å². The Hall–Kier alpha value is -2.01. The van der Waals surface area contributed by atoms with E-state index in [1.807, 2.05) is 29.2 Å². The van der Waals surface area contributed by atoms with Gasteiger partial charge in [-0.05, 0) is 47.5 Å². The summed E-state index contributed by atoms with van der Waals surface area (Å²) in [6, 6.07) is 10.1. The molecular formula is C17H20N2O2S. The summed E-state index contributed by atoms with van der Waals surface area (Å²) in [6.45, 7) is 2.19. The van der Waals surface area contributed by atoms with Crippen LogP contribution in [0.5, 0.6) is 5.75 Å². The van der Waals surface area contributed by atoms with Crippen molar-refractivity contribution in [3.05, 3.63) is 51.7 Å². The van der Waals surface area contributed by atoms with E-state index in [0.717, 1.165) is 31.7 Å². The SMILES string of the molecule is COc1ccc(CCNC(=O)N2CCc3sccc3C2)cc1. The molecule has 0 radical (unpaired) electrons. The van der Waals surface area contributed by atoms with Crippen molar-refractivity contribution in [3.63, 3.8) is 0 Å². The molecule has 0 atom stereocenters. The van der Waals surface area contributed by atoms with E-state index in [4.69, 9.17) is 4.74 Å². The van der Waals surface area contributed by atoms with Crippen molar-refractivity contribution in [1.29, 1.82) is 0 Å². The van der Waals surface area contributed by atoms with Gasteiger partial charge in [-0.25, -0.2) is 4.79 Å². The summed E-state index contributed by atoms with van der Waals surface area (Å²) in [4.78, 5) is 15.5. The minimum atomic E-state index is 0.0327. The molecule has 5 heteroatoms. The molecule has 22 heavy (non-hydrogen) atoms. The van der Waals surface area contributed by atoms with E-state index >= 15 is 0 Å². The van der Waals surface area contributed by atoms with E-state index in [1.165, 1.54) is 16.0 Å². The molecule has 1 aliphatic heterocycles. The van der Waals surface area contributed by atoms with Gasteiger partial charge < -0.3 is 15.0 Å². The maximum atomic E-state index is 12.2. The molecule has 2 heterocycles. The number of ether oxygens (including phenoxy) is 1. The van der Waals surface area contributed by atoms with Crippen molar-refractivity contribution in [2.24, 2.45) is 0 Å². The Kier molecular flexibility index (Phi) is 4.63. The molecule has 0 spiro atoms. The number of carbonyl (C=O) groups is 1. The number of methoxy groups -OCH3 is 1. The van der Waals surface area contributed by atoms with Crippen LogP contribution in [-0.2, 0) is 19.4 Å². The summed E-state index contributed by atoms with van der Waals surface area (Å²) >= 11 is 1.79. The van der Waals surface area contributed by atoms with Gasteiger partial charge >= 0.3 is 6.03 Å². The topological polar surface area (TPSA) is 41.6 Å². The molecule has 2 amide bonds. The van der Waals surface area contributed by atoms with E-state index in [2.05, 4.69) is 16.8 Å². The maximum absolute atomic E-state index is 12.2. The van der Waals surface area contributed by atoms with E-state index in [0.29, 0.717) is 6.54 Å². The highest BCUT2D eigenvalue weighted by molar-refractivity contribution is 7.10. The molecule has 3 rings (SSSR count). The highest BCUT2D eigenvalue weighted by atomic mass is 32.1. The third-order valence-electron chi connectivity index (χ3n) is 3.94. The largest absolute Gasteiger partial charge is 0.497 e. The highest BCUT2D eigenvalue weighted by Crippen LogP contribution is 2.23. The normalized spacial score (nSPS) is 13.6. The average Bonchev–Trinajstić information content (AvgIpc) is 3.03. The fourth-order valence-electron chi connectivity index (χ4n) is 2.64. The van der Waals surface area contributed by atoms with Crippen LogP contribution in [0.25, 0.3) is 0 Å². The predicted molar refractivity (Wildman–Crippen MR) is 88.5 cm³/mol. The molecule has 4 nitrogen and oxygen atoms in total. The summed E-state index contributed by atoms with van der Waals surface area (Å²) in [5, 5.41) is 5.12. The van der Waals surface area contributed by atoms with Gasteiger partial charge in [0.25, 0.3) is 0 Å². The lowest BCUT2D eigenvalue weighted by Crippen LogP contribution is -2.43. The van der Waals surface area contributed by atoms with Crippen LogP contribution in [0.4, 0.5) is 4.79 Å².